The summed E-state index contributed by atoms with van der Waals surface area (Å²) in [6.45, 7) is 2.95. The van der Waals surface area contributed by atoms with Crippen LogP contribution >= 0.6 is 0 Å². The van der Waals surface area contributed by atoms with Crippen LogP contribution in [0, 0.1) is 5.92 Å². The van der Waals surface area contributed by atoms with Crippen LogP contribution in [0.3, 0.4) is 0 Å². The summed E-state index contributed by atoms with van der Waals surface area (Å²) >= 11 is 0. The molecule has 120 valence electrons. The predicted molar refractivity (Wildman–Crippen MR) is 83.0 cm³/mol. The van der Waals surface area contributed by atoms with E-state index in [1.807, 2.05) is 24.3 Å². The van der Waals surface area contributed by atoms with Crippen molar-refractivity contribution < 1.29 is 19.4 Å². The van der Waals surface area contributed by atoms with Gasteiger partial charge >= 0.3 is 5.97 Å². The van der Waals surface area contributed by atoms with Crippen molar-refractivity contribution in [1.82, 2.24) is 4.90 Å². The lowest BCUT2D eigenvalue weighted by atomic mass is 9.92. The molecule has 1 heterocycles. The van der Waals surface area contributed by atoms with Gasteiger partial charge in [-0.05, 0) is 36.5 Å². The van der Waals surface area contributed by atoms with Gasteiger partial charge in [0, 0.05) is 19.5 Å². The van der Waals surface area contributed by atoms with Gasteiger partial charge in [-0.3, -0.25) is 9.59 Å². The molecule has 2 unspecified atom stereocenters. The van der Waals surface area contributed by atoms with Gasteiger partial charge in [-0.25, -0.2) is 0 Å². The molecule has 1 aliphatic rings. The summed E-state index contributed by atoms with van der Waals surface area (Å²) in [5.74, 6) is -0.218. The number of hydrogen-bond donors (Lipinski definition) is 1. The van der Waals surface area contributed by atoms with Crippen LogP contribution in [-0.4, -0.2) is 42.1 Å². The van der Waals surface area contributed by atoms with E-state index in [1.165, 1.54) is 0 Å². The van der Waals surface area contributed by atoms with E-state index < -0.39 is 11.9 Å². The van der Waals surface area contributed by atoms with Crippen LogP contribution in [-0.2, 0) is 9.59 Å². The topological polar surface area (TPSA) is 66.8 Å². The molecular formula is C17H23NO4. The van der Waals surface area contributed by atoms with Crippen LogP contribution in [0.5, 0.6) is 5.75 Å². The number of aliphatic carboxylic acids is 1. The van der Waals surface area contributed by atoms with E-state index in [1.54, 1.807) is 12.0 Å². The number of rotatable bonds is 6. The molecule has 0 aromatic heterocycles. The Morgan fingerprint density at radius 1 is 1.36 bits per heavy atom. The molecule has 2 atom stereocenters. The Labute approximate surface area is 130 Å². The second-order valence-electron chi connectivity index (χ2n) is 5.75. The smallest absolute Gasteiger partial charge is 0.308 e. The van der Waals surface area contributed by atoms with Crippen molar-refractivity contribution in [2.75, 3.05) is 20.2 Å². The Morgan fingerprint density at radius 3 is 2.55 bits per heavy atom. The second kappa shape index (κ2) is 7.29. The number of carbonyl (C=O) groups is 2. The van der Waals surface area contributed by atoms with Crippen LogP contribution in [0.1, 0.15) is 37.7 Å². The summed E-state index contributed by atoms with van der Waals surface area (Å²) in [6, 6.07) is 7.78. The maximum absolute atomic E-state index is 12.4. The van der Waals surface area contributed by atoms with Gasteiger partial charge in [0.15, 0.2) is 0 Å². The Balaban J connectivity index is 1.97. The highest BCUT2D eigenvalue weighted by molar-refractivity contribution is 5.79. The summed E-state index contributed by atoms with van der Waals surface area (Å²) in [6.07, 6.45) is 1.85. The molecule has 1 fully saturated rings. The summed E-state index contributed by atoms with van der Waals surface area (Å²) in [5.41, 5.74) is 1.12. The first-order chi connectivity index (χ1) is 10.5. The van der Waals surface area contributed by atoms with E-state index in [0.717, 1.165) is 17.7 Å². The largest absolute Gasteiger partial charge is 0.497 e. The minimum atomic E-state index is -0.808. The fourth-order valence-corrected chi connectivity index (χ4v) is 2.90. The van der Waals surface area contributed by atoms with Gasteiger partial charge < -0.3 is 14.7 Å². The van der Waals surface area contributed by atoms with Gasteiger partial charge in [-0.15, -0.1) is 0 Å². The SMILES string of the molecule is CCC(CC(=O)N1CCC(C(=O)O)C1)c1ccc(OC)cc1. The zero-order chi connectivity index (χ0) is 16.1. The second-order valence-corrected chi connectivity index (χ2v) is 5.75. The number of likely N-dealkylation sites (tertiary alicyclic amines) is 1. The van der Waals surface area contributed by atoms with Gasteiger partial charge in [0.1, 0.15) is 5.75 Å². The van der Waals surface area contributed by atoms with E-state index in [0.29, 0.717) is 25.9 Å². The van der Waals surface area contributed by atoms with Crippen molar-refractivity contribution in [3.8, 4) is 5.75 Å². The van der Waals surface area contributed by atoms with Crippen molar-refractivity contribution >= 4 is 11.9 Å². The van der Waals surface area contributed by atoms with Gasteiger partial charge in [0.05, 0.1) is 13.0 Å². The number of carboxylic acids is 1. The molecule has 0 spiro atoms. The zero-order valence-electron chi connectivity index (χ0n) is 13.1. The molecule has 1 amide bonds. The molecule has 1 saturated heterocycles. The monoisotopic (exact) mass is 305 g/mol. The number of nitrogens with zero attached hydrogens (tertiary/aromatic N) is 1. The third-order valence-corrected chi connectivity index (χ3v) is 4.39. The van der Waals surface area contributed by atoms with E-state index in [2.05, 4.69) is 6.92 Å². The molecule has 1 aliphatic heterocycles. The maximum atomic E-state index is 12.4. The molecule has 0 bridgehead atoms. The average molecular weight is 305 g/mol. The zero-order valence-corrected chi connectivity index (χ0v) is 13.1. The third-order valence-electron chi connectivity index (χ3n) is 4.39. The number of hydrogen-bond acceptors (Lipinski definition) is 3. The van der Waals surface area contributed by atoms with E-state index >= 15 is 0 Å². The molecule has 1 aromatic carbocycles. The molecule has 5 nitrogen and oxygen atoms in total. The first kappa shape index (κ1) is 16.3. The highest BCUT2D eigenvalue weighted by Crippen LogP contribution is 2.27. The van der Waals surface area contributed by atoms with Gasteiger partial charge in [0.25, 0.3) is 0 Å². The molecule has 0 saturated carbocycles. The van der Waals surface area contributed by atoms with Gasteiger partial charge in [-0.2, -0.15) is 0 Å². The number of benzene rings is 1. The molecule has 1 aromatic rings. The molecule has 5 heteroatoms. The molecular weight excluding hydrogens is 282 g/mol. The minimum Gasteiger partial charge on any atom is -0.497 e. The normalized spacial score (nSPS) is 19.0. The molecule has 0 aliphatic carbocycles. The third kappa shape index (κ3) is 3.78. The number of carboxylic acid groups (broad SMARTS) is 1. The van der Waals surface area contributed by atoms with Crippen LogP contribution in [0.2, 0.25) is 0 Å². The van der Waals surface area contributed by atoms with Crippen LogP contribution in [0.25, 0.3) is 0 Å². The highest BCUT2D eigenvalue weighted by atomic mass is 16.5. The summed E-state index contributed by atoms with van der Waals surface area (Å²) < 4.78 is 5.15. The van der Waals surface area contributed by atoms with Crippen LogP contribution in [0.15, 0.2) is 24.3 Å². The average Bonchev–Trinajstić information content (AvgIpc) is 3.03. The van der Waals surface area contributed by atoms with E-state index in [9.17, 15) is 9.59 Å². The number of amides is 1. The van der Waals surface area contributed by atoms with Crippen molar-refractivity contribution in [3.63, 3.8) is 0 Å². The molecule has 0 radical (unpaired) electrons. The van der Waals surface area contributed by atoms with E-state index in [4.69, 9.17) is 9.84 Å². The quantitative estimate of drug-likeness (QED) is 0.877. The van der Waals surface area contributed by atoms with Crippen molar-refractivity contribution in [2.24, 2.45) is 5.92 Å². The van der Waals surface area contributed by atoms with Crippen LogP contribution in [0.4, 0.5) is 0 Å². The Kier molecular flexibility index (Phi) is 5.41. The van der Waals surface area contributed by atoms with Crippen LogP contribution < -0.4 is 4.74 Å². The molecule has 2 rings (SSSR count). The van der Waals surface area contributed by atoms with Crippen molar-refractivity contribution in [1.29, 1.82) is 0 Å². The molecule has 1 N–H and O–H groups in total. The summed E-state index contributed by atoms with van der Waals surface area (Å²) in [7, 11) is 1.63. The Bertz CT molecular complexity index is 526. The van der Waals surface area contributed by atoms with Crippen molar-refractivity contribution in [3.05, 3.63) is 29.8 Å². The molecule has 22 heavy (non-hydrogen) atoms. The highest BCUT2D eigenvalue weighted by Gasteiger charge is 2.31. The number of ether oxygens (including phenoxy) is 1. The summed E-state index contributed by atoms with van der Waals surface area (Å²) in [5, 5.41) is 9.02. The number of methoxy groups -OCH3 is 1. The lowest BCUT2D eigenvalue weighted by molar-refractivity contribution is -0.141. The first-order valence-electron chi connectivity index (χ1n) is 7.69. The standard InChI is InChI=1S/C17H23NO4/c1-3-12(13-4-6-15(22-2)7-5-13)10-16(19)18-9-8-14(11-18)17(20)21/h4-7,12,14H,3,8-11H2,1-2H3,(H,20,21). The lowest BCUT2D eigenvalue weighted by Crippen LogP contribution is -2.30. The van der Waals surface area contributed by atoms with Crippen molar-refractivity contribution in [2.45, 2.75) is 32.1 Å². The Hall–Kier alpha value is -2.04. The maximum Gasteiger partial charge on any atom is 0.308 e. The van der Waals surface area contributed by atoms with Gasteiger partial charge in [-0.1, -0.05) is 19.1 Å². The van der Waals surface area contributed by atoms with Gasteiger partial charge in [0.2, 0.25) is 5.91 Å². The van der Waals surface area contributed by atoms with E-state index in [-0.39, 0.29) is 11.8 Å². The first-order valence-corrected chi connectivity index (χ1v) is 7.69. The predicted octanol–water partition coefficient (Wildman–Crippen LogP) is 2.51. The number of carbonyl (C=O) groups excluding carboxylic acids is 1. The fraction of sp³-hybridized carbons (Fsp3) is 0.529. The lowest BCUT2D eigenvalue weighted by Gasteiger charge is -2.21. The minimum absolute atomic E-state index is 0.0476. The fourth-order valence-electron chi connectivity index (χ4n) is 2.90. The summed E-state index contributed by atoms with van der Waals surface area (Å²) in [4.78, 5) is 25.1. The Morgan fingerprint density at radius 2 is 2.05 bits per heavy atom.